The van der Waals surface area contributed by atoms with Crippen LogP contribution in [0.2, 0.25) is 0 Å². The third-order valence-electron chi connectivity index (χ3n) is 4.45. The number of hydrogen-bond acceptors (Lipinski definition) is 3. The van der Waals surface area contributed by atoms with Gasteiger partial charge in [-0.05, 0) is 30.7 Å². The molecule has 134 valence electrons. The molecule has 1 aromatic carbocycles. The van der Waals surface area contributed by atoms with Crippen LogP contribution in [0.3, 0.4) is 0 Å². The fraction of sp³-hybridized carbons (Fsp3) is 0.611. The topological polar surface area (TPSA) is 42.9 Å². The monoisotopic (exact) mass is 335 g/mol. The summed E-state index contributed by atoms with van der Waals surface area (Å²) in [6, 6.07) is 6.73. The van der Waals surface area contributed by atoms with E-state index in [0.717, 1.165) is 70.3 Å². The molecule has 0 spiro atoms. The van der Waals surface area contributed by atoms with Crippen LogP contribution in [0.5, 0.6) is 0 Å². The van der Waals surface area contributed by atoms with Gasteiger partial charge in [-0.1, -0.05) is 19.1 Å². The van der Waals surface area contributed by atoms with Crippen molar-refractivity contribution in [3.05, 3.63) is 35.6 Å². The molecular weight excluding hydrogens is 305 g/mol. The fourth-order valence-corrected chi connectivity index (χ4v) is 2.90. The zero-order chi connectivity index (χ0) is 17.2. The highest BCUT2D eigenvalue weighted by Gasteiger charge is 2.14. The average molecular weight is 335 g/mol. The van der Waals surface area contributed by atoms with Gasteiger partial charge >= 0.3 is 0 Å². The second-order valence-corrected chi connectivity index (χ2v) is 6.08. The number of benzene rings is 1. The minimum atomic E-state index is -0.182. The van der Waals surface area contributed by atoms with Crippen LogP contribution in [-0.4, -0.2) is 75.2 Å². The van der Waals surface area contributed by atoms with Crippen molar-refractivity contribution in [3.63, 3.8) is 0 Å². The maximum absolute atomic E-state index is 13.1. The number of nitrogens with one attached hydrogen (secondary N) is 2. The van der Waals surface area contributed by atoms with Crippen LogP contribution in [0.4, 0.5) is 4.39 Å². The predicted octanol–water partition coefficient (Wildman–Crippen LogP) is 1.17. The highest BCUT2D eigenvalue weighted by atomic mass is 19.1. The lowest BCUT2D eigenvalue weighted by Crippen LogP contribution is -2.49. The van der Waals surface area contributed by atoms with E-state index in [0.29, 0.717) is 0 Å². The lowest BCUT2D eigenvalue weighted by Gasteiger charge is -2.34. The molecule has 0 unspecified atom stereocenters. The Balaban J connectivity index is 1.60. The van der Waals surface area contributed by atoms with E-state index in [-0.39, 0.29) is 5.82 Å². The van der Waals surface area contributed by atoms with Crippen LogP contribution in [0.1, 0.15) is 12.5 Å². The molecule has 24 heavy (non-hydrogen) atoms. The first-order valence-electron chi connectivity index (χ1n) is 8.85. The lowest BCUT2D eigenvalue weighted by atomic mass is 10.1. The third kappa shape index (κ3) is 6.45. The SMILES string of the molecule is CCN1CCN(CCNC(=NC)NCCc2cccc(F)c2)CC1. The molecule has 1 aromatic rings. The Morgan fingerprint density at radius 3 is 2.50 bits per heavy atom. The smallest absolute Gasteiger partial charge is 0.191 e. The fourth-order valence-electron chi connectivity index (χ4n) is 2.90. The number of nitrogens with zero attached hydrogens (tertiary/aromatic N) is 3. The molecule has 0 bridgehead atoms. The highest BCUT2D eigenvalue weighted by molar-refractivity contribution is 5.79. The molecule has 0 radical (unpaired) electrons. The number of hydrogen-bond donors (Lipinski definition) is 2. The number of aliphatic imine (C=N–C) groups is 1. The van der Waals surface area contributed by atoms with Crippen molar-refractivity contribution in [1.29, 1.82) is 0 Å². The van der Waals surface area contributed by atoms with Crippen LogP contribution < -0.4 is 10.6 Å². The Morgan fingerprint density at radius 1 is 1.12 bits per heavy atom. The van der Waals surface area contributed by atoms with Gasteiger partial charge in [0, 0.05) is 52.9 Å². The number of guanidine groups is 1. The first kappa shape index (κ1) is 18.7. The summed E-state index contributed by atoms with van der Waals surface area (Å²) in [6.07, 6.45) is 0.775. The Morgan fingerprint density at radius 2 is 1.83 bits per heavy atom. The Bertz CT molecular complexity index is 512. The molecule has 1 fully saturated rings. The number of rotatable bonds is 7. The van der Waals surface area contributed by atoms with Gasteiger partial charge in [-0.3, -0.25) is 9.89 Å². The van der Waals surface area contributed by atoms with Crippen molar-refractivity contribution >= 4 is 5.96 Å². The van der Waals surface area contributed by atoms with Crippen LogP contribution in [-0.2, 0) is 6.42 Å². The van der Waals surface area contributed by atoms with Gasteiger partial charge in [0.25, 0.3) is 0 Å². The largest absolute Gasteiger partial charge is 0.356 e. The van der Waals surface area contributed by atoms with Crippen LogP contribution in [0.25, 0.3) is 0 Å². The van der Waals surface area contributed by atoms with E-state index < -0.39 is 0 Å². The van der Waals surface area contributed by atoms with Gasteiger partial charge in [0.05, 0.1) is 0 Å². The molecule has 0 saturated carbocycles. The molecule has 1 heterocycles. The van der Waals surface area contributed by atoms with Gasteiger partial charge in [0.15, 0.2) is 5.96 Å². The van der Waals surface area contributed by atoms with E-state index in [4.69, 9.17) is 0 Å². The Hall–Kier alpha value is -1.66. The predicted molar refractivity (Wildman–Crippen MR) is 98.0 cm³/mol. The molecule has 0 atom stereocenters. The molecule has 1 saturated heterocycles. The first-order chi connectivity index (χ1) is 11.7. The van der Waals surface area contributed by atoms with Crippen molar-refractivity contribution in [2.45, 2.75) is 13.3 Å². The summed E-state index contributed by atoms with van der Waals surface area (Å²) >= 11 is 0. The summed E-state index contributed by atoms with van der Waals surface area (Å²) in [5.41, 5.74) is 0.992. The quantitative estimate of drug-likeness (QED) is 0.580. The summed E-state index contributed by atoms with van der Waals surface area (Å²) < 4.78 is 13.1. The van der Waals surface area contributed by atoms with E-state index in [2.05, 4.69) is 32.3 Å². The van der Waals surface area contributed by atoms with Gasteiger partial charge in [-0.15, -0.1) is 0 Å². The average Bonchev–Trinajstić information content (AvgIpc) is 2.61. The summed E-state index contributed by atoms with van der Waals surface area (Å²) in [6.45, 7) is 10.6. The highest BCUT2D eigenvalue weighted by Crippen LogP contribution is 2.03. The lowest BCUT2D eigenvalue weighted by molar-refractivity contribution is 0.139. The molecule has 0 amide bonds. The van der Waals surface area contributed by atoms with Crippen molar-refractivity contribution in [3.8, 4) is 0 Å². The first-order valence-corrected chi connectivity index (χ1v) is 8.85. The number of likely N-dealkylation sites (N-methyl/N-ethyl adjacent to an activating group) is 1. The molecule has 5 nitrogen and oxygen atoms in total. The molecular formula is C18H30FN5. The van der Waals surface area contributed by atoms with Gasteiger partial charge in [0.2, 0.25) is 0 Å². The third-order valence-corrected chi connectivity index (χ3v) is 4.45. The van der Waals surface area contributed by atoms with Gasteiger partial charge in [-0.25, -0.2) is 4.39 Å². The van der Waals surface area contributed by atoms with E-state index in [1.165, 1.54) is 6.07 Å². The van der Waals surface area contributed by atoms with Crippen molar-refractivity contribution < 1.29 is 4.39 Å². The zero-order valence-corrected chi connectivity index (χ0v) is 14.9. The minimum Gasteiger partial charge on any atom is -0.356 e. The minimum absolute atomic E-state index is 0.182. The van der Waals surface area contributed by atoms with E-state index in [9.17, 15) is 4.39 Å². The Labute approximate surface area is 144 Å². The van der Waals surface area contributed by atoms with Crippen molar-refractivity contribution in [2.24, 2.45) is 4.99 Å². The normalized spacial score (nSPS) is 17.0. The molecule has 1 aliphatic heterocycles. The van der Waals surface area contributed by atoms with Crippen LogP contribution >= 0.6 is 0 Å². The standard InChI is InChI=1S/C18H30FN5/c1-3-23-11-13-24(14-12-23)10-9-22-18(20-2)21-8-7-16-5-4-6-17(19)15-16/h4-6,15H,3,7-14H2,1-2H3,(H2,20,21,22). The summed E-state index contributed by atoms with van der Waals surface area (Å²) in [7, 11) is 1.78. The second kappa shape index (κ2) is 10.3. The maximum Gasteiger partial charge on any atom is 0.191 e. The zero-order valence-electron chi connectivity index (χ0n) is 14.9. The molecule has 0 aliphatic carbocycles. The summed E-state index contributed by atoms with van der Waals surface area (Å²) in [4.78, 5) is 9.21. The maximum atomic E-state index is 13.1. The van der Waals surface area contributed by atoms with Crippen molar-refractivity contribution in [2.75, 3.05) is 59.4 Å². The van der Waals surface area contributed by atoms with Gasteiger partial charge in [0.1, 0.15) is 5.82 Å². The summed E-state index contributed by atoms with van der Waals surface area (Å²) in [5.74, 6) is 0.622. The van der Waals surface area contributed by atoms with Gasteiger partial charge < -0.3 is 15.5 Å². The van der Waals surface area contributed by atoms with Crippen LogP contribution in [0, 0.1) is 5.82 Å². The molecule has 2 N–H and O–H groups in total. The van der Waals surface area contributed by atoms with Crippen molar-refractivity contribution in [1.82, 2.24) is 20.4 Å². The van der Waals surface area contributed by atoms with E-state index in [1.807, 2.05) is 6.07 Å². The van der Waals surface area contributed by atoms with Gasteiger partial charge in [-0.2, -0.15) is 0 Å². The Kier molecular flexibility index (Phi) is 7.98. The molecule has 2 rings (SSSR count). The van der Waals surface area contributed by atoms with E-state index in [1.54, 1.807) is 19.2 Å². The van der Waals surface area contributed by atoms with E-state index >= 15 is 0 Å². The summed E-state index contributed by atoms with van der Waals surface area (Å²) in [5, 5.41) is 6.63. The molecule has 6 heteroatoms. The van der Waals surface area contributed by atoms with Crippen LogP contribution in [0.15, 0.2) is 29.3 Å². The number of halogens is 1. The second-order valence-electron chi connectivity index (χ2n) is 6.08. The molecule has 1 aliphatic rings. The molecule has 0 aromatic heterocycles. The number of piperazine rings is 1.